The fourth-order valence-electron chi connectivity index (χ4n) is 2.44. The first kappa shape index (κ1) is 19.7. The van der Waals surface area contributed by atoms with Crippen molar-refractivity contribution in [2.75, 3.05) is 11.3 Å². The maximum Gasteiger partial charge on any atom is 0.255 e. The van der Waals surface area contributed by atoms with Crippen LogP contribution in [0.4, 0.5) is 5.69 Å². The Balaban J connectivity index is 2.18. The largest absolute Gasteiger partial charge is 0.339 e. The highest BCUT2D eigenvalue weighted by Crippen LogP contribution is 2.19. The van der Waals surface area contributed by atoms with Gasteiger partial charge in [0, 0.05) is 20.0 Å². The standard InChI is InChI=1S/C20H24N2O3S/c1-4-22(17(3)23)15-19-7-5-6-8-20(19)21-26(24,25)14-13-18-11-9-16(2)10-12-18/h5-14,21H,4,15H2,1-3H3. The summed E-state index contributed by atoms with van der Waals surface area (Å²) < 4.78 is 27.4. The molecule has 0 atom stereocenters. The van der Waals surface area contributed by atoms with Crippen LogP contribution in [0.3, 0.4) is 0 Å². The molecule has 0 aromatic heterocycles. The third kappa shape index (κ3) is 5.74. The summed E-state index contributed by atoms with van der Waals surface area (Å²) in [7, 11) is -3.66. The molecule has 0 fully saturated rings. The zero-order valence-electron chi connectivity index (χ0n) is 15.3. The molecule has 0 aliphatic rings. The molecule has 0 aliphatic carbocycles. The van der Waals surface area contributed by atoms with E-state index in [9.17, 15) is 13.2 Å². The van der Waals surface area contributed by atoms with Crippen molar-refractivity contribution in [1.29, 1.82) is 0 Å². The van der Waals surface area contributed by atoms with Crippen molar-refractivity contribution in [2.24, 2.45) is 0 Å². The van der Waals surface area contributed by atoms with Crippen molar-refractivity contribution in [3.8, 4) is 0 Å². The van der Waals surface area contributed by atoms with Crippen molar-refractivity contribution in [1.82, 2.24) is 4.90 Å². The Morgan fingerprint density at radius 3 is 2.38 bits per heavy atom. The summed E-state index contributed by atoms with van der Waals surface area (Å²) >= 11 is 0. The maximum absolute atomic E-state index is 12.4. The Hall–Kier alpha value is -2.60. The van der Waals surface area contributed by atoms with Gasteiger partial charge in [0.15, 0.2) is 0 Å². The highest BCUT2D eigenvalue weighted by Gasteiger charge is 2.13. The number of aryl methyl sites for hydroxylation is 1. The fraction of sp³-hybridized carbons (Fsp3) is 0.250. The lowest BCUT2D eigenvalue weighted by atomic mass is 10.1. The van der Waals surface area contributed by atoms with E-state index < -0.39 is 10.0 Å². The normalized spacial score (nSPS) is 11.5. The van der Waals surface area contributed by atoms with Gasteiger partial charge in [-0.25, -0.2) is 8.42 Å². The number of carbonyl (C=O) groups excluding carboxylic acids is 1. The van der Waals surface area contributed by atoms with Gasteiger partial charge in [-0.15, -0.1) is 0 Å². The molecule has 1 amide bonds. The Morgan fingerprint density at radius 1 is 1.12 bits per heavy atom. The number of anilines is 1. The van der Waals surface area contributed by atoms with Gasteiger partial charge in [-0.1, -0.05) is 48.0 Å². The summed E-state index contributed by atoms with van der Waals surface area (Å²) in [6.45, 7) is 6.28. The number of nitrogens with zero attached hydrogens (tertiary/aromatic N) is 1. The second-order valence-electron chi connectivity index (χ2n) is 6.05. The molecule has 1 N–H and O–H groups in total. The van der Waals surface area contributed by atoms with Gasteiger partial charge in [-0.2, -0.15) is 0 Å². The zero-order valence-corrected chi connectivity index (χ0v) is 16.1. The maximum atomic E-state index is 12.4. The smallest absolute Gasteiger partial charge is 0.255 e. The number of carbonyl (C=O) groups is 1. The first-order valence-electron chi connectivity index (χ1n) is 8.41. The summed E-state index contributed by atoms with van der Waals surface area (Å²) in [6, 6.07) is 14.7. The van der Waals surface area contributed by atoms with E-state index in [1.165, 1.54) is 6.92 Å². The van der Waals surface area contributed by atoms with Crippen LogP contribution in [-0.4, -0.2) is 25.8 Å². The summed E-state index contributed by atoms with van der Waals surface area (Å²) in [5.74, 6) is -0.0515. The van der Waals surface area contributed by atoms with Crippen LogP contribution in [0, 0.1) is 6.92 Å². The number of rotatable bonds is 7. The van der Waals surface area contributed by atoms with Crippen LogP contribution >= 0.6 is 0 Å². The van der Waals surface area contributed by atoms with Crippen molar-refractivity contribution < 1.29 is 13.2 Å². The van der Waals surface area contributed by atoms with Crippen molar-refractivity contribution in [2.45, 2.75) is 27.3 Å². The number of amides is 1. The Morgan fingerprint density at radius 2 is 1.77 bits per heavy atom. The summed E-state index contributed by atoms with van der Waals surface area (Å²) in [6.07, 6.45) is 1.55. The van der Waals surface area contributed by atoms with Gasteiger partial charge in [0.2, 0.25) is 5.91 Å². The molecule has 0 heterocycles. The average molecular weight is 372 g/mol. The van der Waals surface area contributed by atoms with Crippen LogP contribution in [-0.2, 0) is 21.4 Å². The quantitative estimate of drug-likeness (QED) is 0.804. The summed E-state index contributed by atoms with van der Waals surface area (Å²) in [5.41, 5.74) is 3.14. The first-order chi connectivity index (χ1) is 12.3. The van der Waals surface area contributed by atoms with E-state index in [0.717, 1.165) is 22.1 Å². The average Bonchev–Trinajstić information content (AvgIpc) is 2.60. The lowest BCUT2D eigenvalue weighted by Crippen LogP contribution is -2.28. The molecular weight excluding hydrogens is 348 g/mol. The predicted octanol–water partition coefficient (Wildman–Crippen LogP) is 3.78. The molecule has 2 aromatic carbocycles. The van der Waals surface area contributed by atoms with Gasteiger partial charge >= 0.3 is 0 Å². The second-order valence-corrected chi connectivity index (χ2v) is 7.62. The van der Waals surface area contributed by atoms with E-state index in [0.29, 0.717) is 18.8 Å². The number of hydrogen-bond donors (Lipinski definition) is 1. The van der Waals surface area contributed by atoms with E-state index >= 15 is 0 Å². The minimum Gasteiger partial charge on any atom is -0.339 e. The van der Waals surface area contributed by atoms with Crippen molar-refractivity contribution >= 4 is 27.7 Å². The molecule has 0 radical (unpaired) electrons. The van der Waals surface area contributed by atoms with Gasteiger partial charge in [-0.3, -0.25) is 9.52 Å². The van der Waals surface area contributed by atoms with Crippen LogP contribution in [0.1, 0.15) is 30.5 Å². The molecular formula is C20H24N2O3S. The lowest BCUT2D eigenvalue weighted by molar-refractivity contribution is -0.129. The topological polar surface area (TPSA) is 66.5 Å². The third-order valence-corrected chi connectivity index (χ3v) is 4.97. The van der Waals surface area contributed by atoms with Gasteiger partial charge in [-0.05, 0) is 37.1 Å². The zero-order chi connectivity index (χ0) is 19.2. The van der Waals surface area contributed by atoms with Crippen LogP contribution in [0.25, 0.3) is 6.08 Å². The van der Waals surface area contributed by atoms with Crippen LogP contribution in [0.5, 0.6) is 0 Å². The highest BCUT2D eigenvalue weighted by atomic mass is 32.2. The fourth-order valence-corrected chi connectivity index (χ4v) is 3.35. The van der Waals surface area contributed by atoms with Crippen LogP contribution < -0.4 is 4.72 Å². The highest BCUT2D eigenvalue weighted by molar-refractivity contribution is 7.95. The predicted molar refractivity (Wildman–Crippen MR) is 106 cm³/mol. The second kappa shape index (κ2) is 8.67. The van der Waals surface area contributed by atoms with E-state index in [1.54, 1.807) is 23.1 Å². The summed E-state index contributed by atoms with van der Waals surface area (Å²) in [5, 5.41) is 1.15. The minimum absolute atomic E-state index is 0.0515. The molecule has 0 bridgehead atoms. The minimum atomic E-state index is -3.66. The number of sulfonamides is 1. The molecule has 0 saturated heterocycles. The molecule has 0 aliphatic heterocycles. The van der Waals surface area contributed by atoms with E-state index in [4.69, 9.17) is 0 Å². The van der Waals surface area contributed by atoms with Gasteiger partial charge < -0.3 is 4.90 Å². The van der Waals surface area contributed by atoms with Gasteiger partial charge in [0.1, 0.15) is 0 Å². The Bertz CT molecular complexity index is 888. The summed E-state index contributed by atoms with van der Waals surface area (Å²) in [4.78, 5) is 13.3. The Kier molecular flexibility index (Phi) is 6.58. The van der Waals surface area contributed by atoms with Crippen LogP contribution in [0.2, 0.25) is 0 Å². The molecule has 6 heteroatoms. The number of hydrogen-bond acceptors (Lipinski definition) is 3. The molecule has 5 nitrogen and oxygen atoms in total. The van der Waals surface area contributed by atoms with Crippen molar-refractivity contribution in [3.63, 3.8) is 0 Å². The van der Waals surface area contributed by atoms with E-state index in [2.05, 4.69) is 4.72 Å². The van der Waals surface area contributed by atoms with E-state index in [1.807, 2.05) is 50.2 Å². The van der Waals surface area contributed by atoms with Crippen molar-refractivity contribution in [3.05, 3.63) is 70.6 Å². The Labute approximate surface area is 155 Å². The van der Waals surface area contributed by atoms with Crippen LogP contribution in [0.15, 0.2) is 53.9 Å². The number of nitrogens with one attached hydrogen (secondary N) is 1. The SMILES string of the molecule is CCN(Cc1ccccc1NS(=O)(=O)C=Cc1ccc(C)cc1)C(C)=O. The van der Waals surface area contributed by atoms with Gasteiger partial charge in [0.25, 0.3) is 10.0 Å². The molecule has 0 spiro atoms. The first-order valence-corrected chi connectivity index (χ1v) is 9.96. The number of benzene rings is 2. The molecule has 26 heavy (non-hydrogen) atoms. The monoisotopic (exact) mass is 372 g/mol. The van der Waals surface area contributed by atoms with E-state index in [-0.39, 0.29) is 5.91 Å². The number of para-hydroxylation sites is 1. The van der Waals surface area contributed by atoms with Gasteiger partial charge in [0.05, 0.1) is 11.1 Å². The molecule has 2 rings (SSSR count). The lowest BCUT2D eigenvalue weighted by Gasteiger charge is -2.21. The molecule has 0 unspecified atom stereocenters. The molecule has 0 saturated carbocycles. The molecule has 138 valence electrons. The third-order valence-electron chi connectivity index (χ3n) is 3.97. The molecule has 2 aromatic rings.